The summed E-state index contributed by atoms with van der Waals surface area (Å²) in [5.41, 5.74) is 0. The highest BCUT2D eigenvalue weighted by atomic mass is 35.5. The van der Waals surface area contributed by atoms with Crippen molar-refractivity contribution in [2.24, 2.45) is 5.92 Å². The maximum Gasteiger partial charge on any atom is 0.233 e. The molecule has 1 amide bonds. The van der Waals surface area contributed by atoms with Crippen LogP contribution in [0.25, 0.3) is 0 Å². The second-order valence-electron chi connectivity index (χ2n) is 4.55. The first-order valence-corrected chi connectivity index (χ1v) is 6.29. The van der Waals surface area contributed by atoms with E-state index in [-0.39, 0.29) is 18.3 Å². The molecule has 0 spiro atoms. The van der Waals surface area contributed by atoms with Gasteiger partial charge in [0.15, 0.2) is 0 Å². The van der Waals surface area contributed by atoms with E-state index in [0.717, 1.165) is 25.4 Å². The Hall–Kier alpha value is -1.07. The lowest BCUT2D eigenvalue weighted by atomic mass is 10.4. The minimum absolute atomic E-state index is 0. The van der Waals surface area contributed by atoms with Gasteiger partial charge in [-0.3, -0.25) is 9.48 Å². The first-order chi connectivity index (χ1) is 8.34. The molecule has 2 N–H and O–H groups in total. The van der Waals surface area contributed by atoms with Gasteiger partial charge in [0.05, 0.1) is 6.54 Å². The molecule has 18 heavy (non-hydrogen) atoms. The summed E-state index contributed by atoms with van der Waals surface area (Å²) in [7, 11) is 0. The van der Waals surface area contributed by atoms with E-state index in [1.807, 2.05) is 16.9 Å². The van der Waals surface area contributed by atoms with Crippen molar-refractivity contribution in [2.45, 2.75) is 25.8 Å². The van der Waals surface area contributed by atoms with Crippen molar-refractivity contribution in [3.8, 4) is 0 Å². The van der Waals surface area contributed by atoms with Crippen molar-refractivity contribution in [1.29, 1.82) is 0 Å². The second kappa shape index (κ2) is 8.11. The summed E-state index contributed by atoms with van der Waals surface area (Å²) in [4.78, 5) is 11.4. The van der Waals surface area contributed by atoms with E-state index in [9.17, 15) is 4.79 Å². The van der Waals surface area contributed by atoms with Crippen LogP contribution < -0.4 is 10.6 Å². The van der Waals surface area contributed by atoms with Gasteiger partial charge in [-0.15, -0.1) is 12.4 Å². The molecule has 0 bridgehead atoms. The molecule has 0 atom stereocenters. The van der Waals surface area contributed by atoms with Gasteiger partial charge in [0, 0.05) is 25.5 Å². The van der Waals surface area contributed by atoms with Crippen LogP contribution in [-0.4, -0.2) is 35.3 Å². The number of nitrogens with one attached hydrogen (secondary N) is 2. The molecule has 2 rings (SSSR count). The van der Waals surface area contributed by atoms with E-state index in [0.29, 0.717) is 13.1 Å². The number of hydrogen-bond donors (Lipinski definition) is 2. The summed E-state index contributed by atoms with van der Waals surface area (Å²) in [6.07, 6.45) is 7.24. The van der Waals surface area contributed by atoms with Crippen LogP contribution in [0, 0.1) is 5.92 Å². The Kier molecular flexibility index (Phi) is 6.75. The van der Waals surface area contributed by atoms with E-state index in [1.54, 1.807) is 6.20 Å². The van der Waals surface area contributed by atoms with Crippen LogP contribution >= 0.6 is 12.4 Å². The van der Waals surface area contributed by atoms with E-state index in [1.165, 1.54) is 12.8 Å². The maximum absolute atomic E-state index is 11.4. The lowest BCUT2D eigenvalue weighted by molar-refractivity contribution is -0.120. The number of hydrogen-bond acceptors (Lipinski definition) is 3. The highest BCUT2D eigenvalue weighted by Crippen LogP contribution is 2.27. The highest BCUT2D eigenvalue weighted by Gasteiger charge is 2.20. The van der Waals surface area contributed by atoms with E-state index < -0.39 is 0 Å². The molecule has 1 saturated carbocycles. The maximum atomic E-state index is 11.4. The molecule has 1 aliphatic rings. The predicted molar refractivity (Wildman–Crippen MR) is 72.7 cm³/mol. The van der Waals surface area contributed by atoms with Crippen LogP contribution in [0.2, 0.25) is 0 Å². The van der Waals surface area contributed by atoms with Crippen molar-refractivity contribution >= 4 is 18.3 Å². The van der Waals surface area contributed by atoms with Crippen LogP contribution in [-0.2, 0) is 11.3 Å². The van der Waals surface area contributed by atoms with Gasteiger partial charge in [-0.05, 0) is 37.8 Å². The predicted octanol–water partition coefficient (Wildman–Crippen LogP) is 0.811. The van der Waals surface area contributed by atoms with Gasteiger partial charge >= 0.3 is 0 Å². The molecule has 1 aromatic rings. The molecule has 5 nitrogen and oxygen atoms in total. The summed E-state index contributed by atoms with van der Waals surface area (Å²) >= 11 is 0. The lowest BCUT2D eigenvalue weighted by Gasteiger charge is -2.06. The largest absolute Gasteiger partial charge is 0.355 e. The number of carbonyl (C=O) groups excluding carboxylic acids is 1. The van der Waals surface area contributed by atoms with Gasteiger partial charge in [-0.1, -0.05) is 0 Å². The molecule has 0 radical (unpaired) electrons. The Labute approximate surface area is 114 Å². The van der Waals surface area contributed by atoms with Crippen molar-refractivity contribution in [2.75, 3.05) is 19.6 Å². The molecule has 0 saturated heterocycles. The lowest BCUT2D eigenvalue weighted by Crippen LogP contribution is -2.35. The van der Waals surface area contributed by atoms with Gasteiger partial charge in [-0.2, -0.15) is 5.10 Å². The van der Waals surface area contributed by atoms with E-state index >= 15 is 0 Å². The Morgan fingerprint density at radius 1 is 1.44 bits per heavy atom. The number of carbonyl (C=O) groups is 1. The molecule has 102 valence electrons. The first kappa shape index (κ1) is 15.0. The van der Waals surface area contributed by atoms with Gasteiger partial charge in [-0.25, -0.2) is 0 Å². The Morgan fingerprint density at radius 3 is 2.94 bits per heavy atom. The minimum atomic E-state index is 0. The minimum Gasteiger partial charge on any atom is -0.355 e. The van der Waals surface area contributed by atoms with Crippen molar-refractivity contribution in [3.05, 3.63) is 18.5 Å². The number of amides is 1. The molecule has 0 unspecified atom stereocenters. The monoisotopic (exact) mass is 272 g/mol. The zero-order valence-electron chi connectivity index (χ0n) is 10.5. The van der Waals surface area contributed by atoms with Crippen LogP contribution in [0.4, 0.5) is 0 Å². The molecule has 1 heterocycles. The molecule has 1 fully saturated rings. The quantitative estimate of drug-likeness (QED) is 0.689. The van der Waals surface area contributed by atoms with Crippen molar-refractivity contribution in [1.82, 2.24) is 20.4 Å². The zero-order valence-corrected chi connectivity index (χ0v) is 11.3. The zero-order chi connectivity index (χ0) is 11.9. The van der Waals surface area contributed by atoms with Crippen molar-refractivity contribution in [3.63, 3.8) is 0 Å². The van der Waals surface area contributed by atoms with E-state index in [4.69, 9.17) is 0 Å². The summed E-state index contributed by atoms with van der Waals surface area (Å²) in [6.45, 7) is 2.99. The smallest absolute Gasteiger partial charge is 0.233 e. The molecule has 1 aliphatic carbocycles. The topological polar surface area (TPSA) is 59.0 Å². The first-order valence-electron chi connectivity index (χ1n) is 6.29. The Morgan fingerprint density at radius 2 is 2.28 bits per heavy atom. The average molecular weight is 273 g/mol. The summed E-state index contributed by atoms with van der Waals surface area (Å²) in [6, 6.07) is 1.90. The highest BCUT2D eigenvalue weighted by molar-refractivity contribution is 5.85. The fraction of sp³-hybridized carbons (Fsp3) is 0.667. The molecular formula is C12H21ClN4O. The third-order valence-electron chi connectivity index (χ3n) is 2.86. The number of nitrogens with zero attached hydrogens (tertiary/aromatic N) is 2. The molecule has 0 aliphatic heterocycles. The molecule has 0 aromatic carbocycles. The number of aryl methyl sites for hydroxylation is 1. The summed E-state index contributed by atoms with van der Waals surface area (Å²) in [5.74, 6) is 0.911. The second-order valence-corrected chi connectivity index (χ2v) is 4.55. The fourth-order valence-electron chi connectivity index (χ4n) is 1.68. The average Bonchev–Trinajstić information content (AvgIpc) is 3.00. The van der Waals surface area contributed by atoms with Crippen LogP contribution in [0.5, 0.6) is 0 Å². The van der Waals surface area contributed by atoms with Gasteiger partial charge in [0.25, 0.3) is 0 Å². The Bertz CT molecular complexity index is 338. The van der Waals surface area contributed by atoms with Crippen LogP contribution in [0.3, 0.4) is 0 Å². The van der Waals surface area contributed by atoms with E-state index in [2.05, 4.69) is 15.7 Å². The standard InChI is InChI=1S/C12H20N4O.ClH/c17-12(10-13-9-11-3-4-11)14-5-1-7-16-8-2-6-15-16;/h2,6,8,11,13H,1,3-5,7,9-10H2,(H,14,17);1H. The third-order valence-corrected chi connectivity index (χ3v) is 2.86. The number of halogens is 1. The van der Waals surface area contributed by atoms with Gasteiger partial charge in [0.2, 0.25) is 5.91 Å². The fourth-order valence-corrected chi connectivity index (χ4v) is 1.68. The third kappa shape index (κ3) is 6.02. The number of aromatic nitrogens is 2. The van der Waals surface area contributed by atoms with Crippen LogP contribution in [0.15, 0.2) is 18.5 Å². The number of rotatable bonds is 8. The summed E-state index contributed by atoms with van der Waals surface area (Å²) < 4.78 is 1.87. The van der Waals surface area contributed by atoms with Crippen molar-refractivity contribution < 1.29 is 4.79 Å². The Balaban J connectivity index is 0.00000162. The SMILES string of the molecule is Cl.O=C(CNCC1CC1)NCCCn1cccn1. The molecular weight excluding hydrogens is 252 g/mol. The summed E-state index contributed by atoms with van der Waals surface area (Å²) in [5, 5.41) is 10.2. The van der Waals surface area contributed by atoms with Gasteiger partial charge in [0.1, 0.15) is 0 Å². The molecule has 1 aromatic heterocycles. The normalized spacial score (nSPS) is 14.0. The molecule has 6 heteroatoms. The van der Waals surface area contributed by atoms with Crippen LogP contribution in [0.1, 0.15) is 19.3 Å². The van der Waals surface area contributed by atoms with Gasteiger partial charge < -0.3 is 10.6 Å².